The van der Waals surface area contributed by atoms with Crippen molar-refractivity contribution in [2.24, 2.45) is 4.99 Å². The summed E-state index contributed by atoms with van der Waals surface area (Å²) in [5.74, 6) is 1.29. The number of fused-ring (bicyclic) bond motifs is 1. The first-order chi connectivity index (χ1) is 23.1. The Balaban J connectivity index is 1.65. The molecule has 2 heterocycles. The van der Waals surface area contributed by atoms with Gasteiger partial charge in [-0.15, -0.1) is 6.58 Å². The summed E-state index contributed by atoms with van der Waals surface area (Å²) in [4.78, 5) is 32.9. The van der Waals surface area contributed by atoms with Crippen LogP contribution < -0.4 is 29.1 Å². The molecule has 0 saturated carbocycles. The molecule has 250 valence electrons. The average molecular weight is 779 g/mol. The van der Waals surface area contributed by atoms with Crippen molar-refractivity contribution in [3.63, 3.8) is 0 Å². The Hall–Kier alpha value is -4.16. The number of carbonyl (C=O) groups excluding carboxylic acids is 1. The molecule has 0 radical (unpaired) electrons. The van der Waals surface area contributed by atoms with Gasteiger partial charge in [0.1, 0.15) is 18.4 Å². The van der Waals surface area contributed by atoms with Crippen molar-refractivity contribution in [3.05, 3.63) is 130 Å². The summed E-state index contributed by atoms with van der Waals surface area (Å²) in [6.07, 6.45) is 4.07. The minimum absolute atomic E-state index is 0.120. The van der Waals surface area contributed by atoms with Crippen LogP contribution in [0.25, 0.3) is 6.08 Å². The maximum atomic E-state index is 14.3. The summed E-state index contributed by atoms with van der Waals surface area (Å²) in [5, 5.41) is 0. The maximum Gasteiger partial charge on any atom is 0.338 e. The van der Waals surface area contributed by atoms with Gasteiger partial charge in [0.05, 0.1) is 35.1 Å². The summed E-state index contributed by atoms with van der Waals surface area (Å²) in [5.41, 5.74) is 3.89. The third-order valence-electron chi connectivity index (χ3n) is 7.51. The number of esters is 1. The lowest BCUT2D eigenvalue weighted by molar-refractivity contribution is -0.139. The molecule has 0 aliphatic carbocycles. The molecule has 48 heavy (non-hydrogen) atoms. The van der Waals surface area contributed by atoms with E-state index >= 15 is 0 Å². The molecule has 10 heteroatoms. The molecule has 0 N–H and O–H groups in total. The maximum absolute atomic E-state index is 14.3. The second-order valence-electron chi connectivity index (χ2n) is 11.4. The minimum atomic E-state index is -0.787. The van der Waals surface area contributed by atoms with Crippen LogP contribution in [0.2, 0.25) is 0 Å². The van der Waals surface area contributed by atoms with Crippen LogP contribution in [0, 0.1) is 3.57 Å². The van der Waals surface area contributed by atoms with E-state index in [9.17, 15) is 9.59 Å². The highest BCUT2D eigenvalue weighted by atomic mass is 127. The van der Waals surface area contributed by atoms with Gasteiger partial charge in [0, 0.05) is 14.7 Å². The van der Waals surface area contributed by atoms with E-state index in [2.05, 4.69) is 29.2 Å². The number of ether oxygens (including phenoxy) is 4. The molecule has 1 aliphatic rings. The zero-order chi connectivity index (χ0) is 34.4. The van der Waals surface area contributed by atoms with E-state index in [-0.39, 0.29) is 18.3 Å². The summed E-state index contributed by atoms with van der Waals surface area (Å²) >= 11 is 3.55. The number of hydrogen-bond acceptors (Lipinski definition) is 8. The molecule has 0 amide bonds. The molecular weight excluding hydrogens is 739 g/mol. The molecule has 1 aliphatic heterocycles. The first-order valence-corrected chi connectivity index (χ1v) is 17.8. The summed E-state index contributed by atoms with van der Waals surface area (Å²) in [7, 11) is 0. The number of carbonyl (C=O) groups is 1. The highest BCUT2D eigenvalue weighted by molar-refractivity contribution is 14.1. The molecule has 8 nitrogen and oxygen atoms in total. The molecular formula is C38H39IN2O6S. The van der Waals surface area contributed by atoms with Gasteiger partial charge in [0.25, 0.3) is 5.56 Å². The van der Waals surface area contributed by atoms with Gasteiger partial charge in [0.15, 0.2) is 16.3 Å². The molecule has 1 atom stereocenters. The lowest BCUT2D eigenvalue weighted by Crippen LogP contribution is -2.40. The van der Waals surface area contributed by atoms with Gasteiger partial charge in [-0.25, -0.2) is 9.79 Å². The third kappa shape index (κ3) is 7.76. The van der Waals surface area contributed by atoms with E-state index in [1.54, 1.807) is 18.4 Å². The number of rotatable bonds is 13. The predicted octanol–water partition coefficient (Wildman–Crippen LogP) is 6.90. The van der Waals surface area contributed by atoms with Crippen LogP contribution >= 0.6 is 33.9 Å². The van der Waals surface area contributed by atoms with E-state index in [1.807, 2.05) is 93.6 Å². The van der Waals surface area contributed by atoms with Crippen molar-refractivity contribution in [1.29, 1.82) is 0 Å². The standard InChI is InChI=1S/C38H39IN2O6S/c1-7-12-27-19-26(20-31(44-8-2)35(27)46-22-25-15-17-28(39)18-16-25)21-32-36(42)41-34(29-13-10-11-14-30(29)47-23(4)5)33(37(43)45-9-3)24(6)40-38(41)48-32/h7,10-11,13-21,23,34H,1,8-9,12,22H2,2-6H3/b32-21+/t34-/m1/s1. The Morgan fingerprint density at radius 3 is 2.50 bits per heavy atom. The van der Waals surface area contributed by atoms with E-state index in [0.717, 1.165) is 20.3 Å². The molecule has 3 aromatic carbocycles. The molecule has 0 fully saturated rings. The van der Waals surface area contributed by atoms with E-state index in [1.165, 1.54) is 11.3 Å². The van der Waals surface area contributed by atoms with Gasteiger partial charge in [-0.1, -0.05) is 47.7 Å². The number of nitrogens with zero attached hydrogens (tertiary/aromatic N) is 2. The number of para-hydroxylation sites is 1. The number of hydrogen-bond donors (Lipinski definition) is 0. The topological polar surface area (TPSA) is 88.4 Å². The van der Waals surface area contributed by atoms with E-state index < -0.39 is 12.0 Å². The Morgan fingerprint density at radius 1 is 1.06 bits per heavy atom. The molecule has 0 spiro atoms. The van der Waals surface area contributed by atoms with Gasteiger partial charge in [-0.3, -0.25) is 9.36 Å². The van der Waals surface area contributed by atoms with Crippen LogP contribution in [0.3, 0.4) is 0 Å². The number of allylic oxidation sites excluding steroid dienone is 2. The smallest absolute Gasteiger partial charge is 0.338 e. The lowest BCUT2D eigenvalue weighted by Gasteiger charge is -2.26. The zero-order valence-corrected chi connectivity index (χ0v) is 30.7. The van der Waals surface area contributed by atoms with Crippen molar-refractivity contribution < 1.29 is 23.7 Å². The number of aromatic nitrogens is 1. The molecule has 5 rings (SSSR count). The summed E-state index contributed by atoms with van der Waals surface area (Å²) in [6, 6.07) is 18.7. The Labute approximate surface area is 298 Å². The molecule has 0 unspecified atom stereocenters. The zero-order valence-electron chi connectivity index (χ0n) is 27.7. The normalized spacial score (nSPS) is 14.4. The second-order valence-corrected chi connectivity index (χ2v) is 13.6. The van der Waals surface area contributed by atoms with Crippen LogP contribution in [0.5, 0.6) is 17.2 Å². The van der Waals surface area contributed by atoms with Crippen LogP contribution in [0.4, 0.5) is 0 Å². The monoisotopic (exact) mass is 778 g/mol. The van der Waals surface area contributed by atoms with Crippen LogP contribution in [0.1, 0.15) is 62.9 Å². The van der Waals surface area contributed by atoms with Crippen molar-refractivity contribution >= 4 is 46.0 Å². The highest BCUT2D eigenvalue weighted by Gasteiger charge is 2.35. The average Bonchev–Trinajstić information content (AvgIpc) is 3.35. The van der Waals surface area contributed by atoms with E-state index in [0.29, 0.717) is 63.1 Å². The fourth-order valence-electron chi connectivity index (χ4n) is 5.54. The number of thiazole rings is 1. The fourth-order valence-corrected chi connectivity index (χ4v) is 6.95. The van der Waals surface area contributed by atoms with E-state index in [4.69, 9.17) is 23.9 Å². The highest BCUT2D eigenvalue weighted by Crippen LogP contribution is 2.37. The minimum Gasteiger partial charge on any atom is -0.491 e. The Morgan fingerprint density at radius 2 is 1.81 bits per heavy atom. The summed E-state index contributed by atoms with van der Waals surface area (Å²) in [6.45, 7) is 14.3. The molecule has 0 bridgehead atoms. The molecule has 0 saturated heterocycles. The Bertz CT molecular complexity index is 2030. The van der Waals surface area contributed by atoms with Crippen molar-refractivity contribution in [3.8, 4) is 17.2 Å². The van der Waals surface area contributed by atoms with Gasteiger partial charge < -0.3 is 18.9 Å². The largest absolute Gasteiger partial charge is 0.491 e. The lowest BCUT2D eigenvalue weighted by atomic mass is 9.95. The number of halogens is 1. The number of benzene rings is 3. The van der Waals surface area contributed by atoms with Gasteiger partial charge in [-0.2, -0.15) is 0 Å². The second kappa shape index (κ2) is 15.8. The third-order valence-corrected chi connectivity index (χ3v) is 9.21. The Kier molecular flexibility index (Phi) is 11.6. The van der Waals surface area contributed by atoms with Crippen molar-refractivity contribution in [2.75, 3.05) is 13.2 Å². The van der Waals surface area contributed by atoms with Crippen LogP contribution in [-0.2, 0) is 22.6 Å². The van der Waals surface area contributed by atoms with Gasteiger partial charge in [-0.05, 0) is 111 Å². The quantitative estimate of drug-likeness (QED) is 0.0835. The van der Waals surface area contributed by atoms with Gasteiger partial charge >= 0.3 is 5.97 Å². The first kappa shape index (κ1) is 35.2. The summed E-state index contributed by atoms with van der Waals surface area (Å²) < 4.78 is 27.2. The van der Waals surface area contributed by atoms with Crippen molar-refractivity contribution in [1.82, 2.24) is 4.57 Å². The molecule has 1 aromatic heterocycles. The fraction of sp³-hybridized carbons (Fsp3) is 0.289. The first-order valence-electron chi connectivity index (χ1n) is 15.9. The van der Waals surface area contributed by atoms with Crippen LogP contribution in [-0.4, -0.2) is 29.9 Å². The SMILES string of the molecule is C=CCc1cc(/C=c2/sc3n(c2=O)[C@H](c2ccccc2OC(C)C)C(C(=O)OCC)=C(C)N=3)cc(OCC)c1OCc1ccc(I)cc1. The van der Waals surface area contributed by atoms with Gasteiger partial charge in [0.2, 0.25) is 0 Å². The van der Waals surface area contributed by atoms with Crippen LogP contribution in [0.15, 0.2) is 94.4 Å². The molecule has 4 aromatic rings. The van der Waals surface area contributed by atoms with Crippen molar-refractivity contribution in [2.45, 2.75) is 59.8 Å². The predicted molar refractivity (Wildman–Crippen MR) is 198 cm³/mol.